The highest BCUT2D eigenvalue weighted by atomic mass is 35.5. The zero-order valence-corrected chi connectivity index (χ0v) is 14.5. The van der Waals surface area contributed by atoms with Crippen molar-refractivity contribution in [3.05, 3.63) is 64.0 Å². The Hall–Kier alpha value is -2.73. The molecule has 6 nitrogen and oxygen atoms in total. The van der Waals surface area contributed by atoms with Gasteiger partial charge in [-0.15, -0.1) is 0 Å². The van der Waals surface area contributed by atoms with Crippen LogP contribution in [0.4, 0.5) is 5.69 Å². The molecular weight excluding hydrogens is 336 g/mol. The molecule has 2 aromatic rings. The van der Waals surface area contributed by atoms with Crippen LogP contribution >= 0.6 is 11.6 Å². The number of nitrogens with two attached hydrogens (primary N) is 2. The number of aliphatic imine (C=N–C) groups is 2. The van der Waals surface area contributed by atoms with Gasteiger partial charge in [0.2, 0.25) is 0 Å². The minimum absolute atomic E-state index is 0.266. The second kappa shape index (κ2) is 5.97. The van der Waals surface area contributed by atoms with Crippen LogP contribution in [0.1, 0.15) is 42.6 Å². The SMILES string of the molecule is C/C(N)=C1\N=C(c2ccncc2Cl)c2nc(C3CC3)ccc2N=C1N. The van der Waals surface area contributed by atoms with Crippen molar-refractivity contribution in [2.45, 2.75) is 25.7 Å². The molecule has 4 rings (SSSR count). The summed E-state index contributed by atoms with van der Waals surface area (Å²) >= 11 is 6.37. The smallest absolute Gasteiger partial charge is 0.151 e. The van der Waals surface area contributed by atoms with E-state index in [-0.39, 0.29) is 5.84 Å². The summed E-state index contributed by atoms with van der Waals surface area (Å²) in [6.45, 7) is 1.74. The molecule has 1 fully saturated rings. The minimum Gasteiger partial charge on any atom is -0.400 e. The Bertz CT molecular complexity index is 952. The van der Waals surface area contributed by atoms with Crippen molar-refractivity contribution in [3.63, 3.8) is 0 Å². The van der Waals surface area contributed by atoms with Crippen molar-refractivity contribution in [2.24, 2.45) is 21.5 Å². The fourth-order valence-electron chi connectivity index (χ4n) is 2.79. The van der Waals surface area contributed by atoms with Gasteiger partial charge in [-0.05, 0) is 38.0 Å². The molecule has 0 amide bonds. The van der Waals surface area contributed by atoms with Gasteiger partial charge < -0.3 is 11.5 Å². The molecule has 0 unspecified atom stereocenters. The first-order valence-corrected chi connectivity index (χ1v) is 8.43. The summed E-state index contributed by atoms with van der Waals surface area (Å²) in [7, 11) is 0. The van der Waals surface area contributed by atoms with Crippen LogP contribution in [0.15, 0.2) is 52.0 Å². The van der Waals surface area contributed by atoms with Crippen molar-refractivity contribution in [2.75, 3.05) is 0 Å². The normalized spacial score (nSPS) is 18.8. The van der Waals surface area contributed by atoms with E-state index in [0.717, 1.165) is 24.1 Å². The number of nitrogens with zero attached hydrogens (tertiary/aromatic N) is 4. The number of pyridine rings is 2. The zero-order chi connectivity index (χ0) is 17.6. The van der Waals surface area contributed by atoms with E-state index in [1.165, 1.54) is 0 Å². The van der Waals surface area contributed by atoms with E-state index >= 15 is 0 Å². The molecule has 25 heavy (non-hydrogen) atoms. The lowest BCUT2D eigenvalue weighted by molar-refractivity contribution is 1.01. The Morgan fingerprint density at radius 3 is 2.68 bits per heavy atom. The molecule has 0 atom stereocenters. The third-order valence-corrected chi connectivity index (χ3v) is 4.52. The van der Waals surface area contributed by atoms with Gasteiger partial charge in [-0.1, -0.05) is 11.6 Å². The summed E-state index contributed by atoms with van der Waals surface area (Å²) in [6.07, 6.45) is 5.57. The van der Waals surface area contributed by atoms with E-state index in [9.17, 15) is 0 Å². The number of halogens is 1. The molecular formula is C18H17ClN6. The molecule has 2 aromatic heterocycles. The number of rotatable bonds is 2. The van der Waals surface area contributed by atoms with Gasteiger partial charge in [0.15, 0.2) is 5.84 Å². The second-order valence-corrected chi connectivity index (χ2v) is 6.63. The molecule has 0 bridgehead atoms. The highest BCUT2D eigenvalue weighted by Crippen LogP contribution is 2.40. The van der Waals surface area contributed by atoms with Gasteiger partial charge in [-0.2, -0.15) is 0 Å². The number of hydrogen-bond donors (Lipinski definition) is 2. The molecule has 1 saturated carbocycles. The molecule has 1 aliphatic heterocycles. The Morgan fingerprint density at radius 1 is 1.20 bits per heavy atom. The topological polar surface area (TPSA) is 103 Å². The van der Waals surface area contributed by atoms with E-state index in [2.05, 4.69) is 9.98 Å². The van der Waals surface area contributed by atoms with Crippen molar-refractivity contribution < 1.29 is 0 Å². The van der Waals surface area contributed by atoms with Gasteiger partial charge in [0.25, 0.3) is 0 Å². The quantitative estimate of drug-likeness (QED) is 0.866. The van der Waals surface area contributed by atoms with Crippen LogP contribution in [0.5, 0.6) is 0 Å². The Balaban J connectivity index is 2.00. The first-order chi connectivity index (χ1) is 12.0. The van der Waals surface area contributed by atoms with Gasteiger partial charge in [0.1, 0.15) is 17.1 Å². The average molecular weight is 353 g/mol. The Labute approximate surface area is 150 Å². The van der Waals surface area contributed by atoms with Crippen LogP contribution in [-0.4, -0.2) is 21.5 Å². The molecule has 7 heteroatoms. The lowest BCUT2D eigenvalue weighted by atomic mass is 10.1. The molecule has 2 aliphatic rings. The summed E-state index contributed by atoms with van der Waals surface area (Å²) in [4.78, 5) is 18.1. The van der Waals surface area contributed by atoms with Gasteiger partial charge in [-0.3, -0.25) is 4.98 Å². The predicted molar refractivity (Wildman–Crippen MR) is 99.3 cm³/mol. The molecule has 126 valence electrons. The zero-order valence-electron chi connectivity index (χ0n) is 13.7. The fourth-order valence-corrected chi connectivity index (χ4v) is 3.00. The summed E-state index contributed by atoms with van der Waals surface area (Å²) < 4.78 is 0. The molecule has 0 radical (unpaired) electrons. The monoisotopic (exact) mass is 352 g/mol. The van der Waals surface area contributed by atoms with E-state index in [0.29, 0.717) is 39.4 Å². The van der Waals surface area contributed by atoms with Gasteiger partial charge in [0, 0.05) is 35.3 Å². The summed E-state index contributed by atoms with van der Waals surface area (Å²) in [5.41, 5.74) is 16.7. The fraction of sp³-hybridized carbons (Fsp3) is 0.222. The number of amidine groups is 1. The highest BCUT2D eigenvalue weighted by molar-refractivity contribution is 6.35. The average Bonchev–Trinajstić information content (AvgIpc) is 3.42. The Morgan fingerprint density at radius 2 is 2.00 bits per heavy atom. The molecule has 0 aromatic carbocycles. The van der Waals surface area contributed by atoms with E-state index in [1.54, 1.807) is 25.4 Å². The number of hydrogen-bond acceptors (Lipinski definition) is 6. The number of allylic oxidation sites excluding steroid dienone is 1. The van der Waals surface area contributed by atoms with Crippen LogP contribution in [0, 0.1) is 0 Å². The lowest BCUT2D eigenvalue weighted by Crippen LogP contribution is -2.17. The molecule has 1 aliphatic carbocycles. The van der Waals surface area contributed by atoms with Crippen molar-refractivity contribution in [1.29, 1.82) is 0 Å². The van der Waals surface area contributed by atoms with E-state index in [1.807, 2.05) is 12.1 Å². The number of fused-ring (bicyclic) bond motifs is 1. The molecule has 0 spiro atoms. The highest BCUT2D eigenvalue weighted by Gasteiger charge is 2.28. The summed E-state index contributed by atoms with van der Waals surface area (Å²) in [5, 5.41) is 0.486. The van der Waals surface area contributed by atoms with Crippen molar-refractivity contribution >= 4 is 28.8 Å². The largest absolute Gasteiger partial charge is 0.400 e. The first kappa shape index (κ1) is 15.8. The predicted octanol–water partition coefficient (Wildman–Crippen LogP) is 3.04. The van der Waals surface area contributed by atoms with Crippen LogP contribution in [0.25, 0.3) is 0 Å². The van der Waals surface area contributed by atoms with Crippen LogP contribution < -0.4 is 11.5 Å². The van der Waals surface area contributed by atoms with Crippen molar-refractivity contribution in [3.8, 4) is 0 Å². The first-order valence-electron chi connectivity index (χ1n) is 8.05. The third-order valence-electron chi connectivity index (χ3n) is 4.22. The van der Waals surface area contributed by atoms with Gasteiger partial charge >= 0.3 is 0 Å². The van der Waals surface area contributed by atoms with Crippen LogP contribution in [0.3, 0.4) is 0 Å². The molecule has 0 saturated heterocycles. The van der Waals surface area contributed by atoms with E-state index in [4.69, 9.17) is 33.0 Å². The maximum atomic E-state index is 6.37. The van der Waals surface area contributed by atoms with Crippen molar-refractivity contribution in [1.82, 2.24) is 9.97 Å². The minimum atomic E-state index is 0.266. The summed E-state index contributed by atoms with van der Waals surface area (Å²) in [6, 6.07) is 5.74. The van der Waals surface area contributed by atoms with Crippen LogP contribution in [-0.2, 0) is 0 Å². The molecule has 4 N–H and O–H groups in total. The lowest BCUT2D eigenvalue weighted by Gasteiger charge is -2.10. The Kier molecular flexibility index (Phi) is 3.77. The maximum Gasteiger partial charge on any atom is 0.151 e. The third kappa shape index (κ3) is 2.89. The molecule has 3 heterocycles. The van der Waals surface area contributed by atoms with E-state index < -0.39 is 0 Å². The maximum absolute atomic E-state index is 6.37. The van der Waals surface area contributed by atoms with Crippen LogP contribution in [0.2, 0.25) is 5.02 Å². The number of aromatic nitrogens is 2. The van der Waals surface area contributed by atoms with Gasteiger partial charge in [0.05, 0.1) is 10.7 Å². The standard InChI is InChI=1S/C18H17ClN6/c1-9(20)15-18(21)24-14-5-4-13(10-2-3-10)23-17(14)16(25-15)11-6-7-22-8-12(11)19/h4-8,10H,2-3,20H2,1H3,(H2,21,24)/b15-9+. The second-order valence-electron chi connectivity index (χ2n) is 6.22. The summed E-state index contributed by atoms with van der Waals surface area (Å²) in [5.74, 6) is 0.776. The van der Waals surface area contributed by atoms with Gasteiger partial charge in [-0.25, -0.2) is 15.0 Å².